The maximum absolute atomic E-state index is 12.2. The summed E-state index contributed by atoms with van der Waals surface area (Å²) >= 11 is 1.23. The van der Waals surface area contributed by atoms with Crippen molar-refractivity contribution in [2.24, 2.45) is 0 Å². The summed E-state index contributed by atoms with van der Waals surface area (Å²) in [7, 11) is 0. The van der Waals surface area contributed by atoms with E-state index in [0.29, 0.717) is 33.4 Å². The van der Waals surface area contributed by atoms with Gasteiger partial charge in [-0.25, -0.2) is 4.79 Å². The third-order valence-corrected chi connectivity index (χ3v) is 5.17. The number of fused-ring (bicyclic) bond motifs is 1. The van der Waals surface area contributed by atoms with E-state index in [4.69, 9.17) is 8.83 Å². The van der Waals surface area contributed by atoms with E-state index in [1.54, 1.807) is 13.0 Å². The number of aromatic nitrogens is 2. The molecule has 2 aromatic heterocycles. The number of hydrogen-bond acceptors (Lipinski definition) is 8. The highest BCUT2D eigenvalue weighted by Gasteiger charge is 2.14. The summed E-state index contributed by atoms with van der Waals surface area (Å²) in [5, 5.41) is 18.7. The van der Waals surface area contributed by atoms with Gasteiger partial charge in [0, 0.05) is 28.3 Å². The second-order valence-corrected chi connectivity index (χ2v) is 7.17. The lowest BCUT2D eigenvalue weighted by Gasteiger charge is -2.07. The van der Waals surface area contributed by atoms with E-state index in [-0.39, 0.29) is 22.6 Å². The second kappa shape index (κ2) is 8.15. The van der Waals surface area contributed by atoms with Crippen molar-refractivity contribution in [1.29, 1.82) is 0 Å². The number of aryl methyl sites for hydroxylation is 1. The molecule has 154 valence electrons. The molecule has 2 aromatic carbocycles. The molecule has 1 N–H and O–H groups in total. The lowest BCUT2D eigenvalue weighted by Crippen LogP contribution is -2.01. The van der Waals surface area contributed by atoms with Crippen molar-refractivity contribution in [2.75, 3.05) is 0 Å². The van der Waals surface area contributed by atoms with E-state index in [1.165, 1.54) is 48.2 Å². The molecule has 0 atom stereocenters. The Morgan fingerprint density at radius 3 is 2.63 bits per heavy atom. The number of phenols is 1. The number of thioether (sulfide) groups is 1. The number of benzene rings is 2. The lowest BCUT2D eigenvalue weighted by atomic mass is 10.1. The molecule has 0 saturated carbocycles. The molecule has 10 heteroatoms. The molecule has 0 fully saturated rings. The van der Waals surface area contributed by atoms with Crippen LogP contribution < -0.4 is 10.4 Å². The van der Waals surface area contributed by atoms with Crippen LogP contribution in [-0.2, 0) is 5.75 Å². The van der Waals surface area contributed by atoms with E-state index in [2.05, 4.69) is 14.9 Å². The predicted octanol–water partition coefficient (Wildman–Crippen LogP) is 4.75. The Kier molecular flexibility index (Phi) is 5.40. The molecule has 7 nitrogen and oxygen atoms in total. The molecule has 30 heavy (non-hydrogen) atoms. The maximum atomic E-state index is 12.2. The molecule has 0 unspecified atom stereocenters. The minimum atomic E-state index is -2.90. The average Bonchev–Trinajstić information content (AvgIpc) is 3.18. The van der Waals surface area contributed by atoms with E-state index in [0.717, 1.165) is 0 Å². The second-order valence-electron chi connectivity index (χ2n) is 6.24. The van der Waals surface area contributed by atoms with Crippen molar-refractivity contribution < 1.29 is 27.5 Å². The van der Waals surface area contributed by atoms with Gasteiger partial charge in [-0.3, -0.25) is 0 Å². The van der Waals surface area contributed by atoms with Gasteiger partial charge in [0.05, 0.1) is 0 Å². The van der Waals surface area contributed by atoms with Gasteiger partial charge in [0.15, 0.2) is 0 Å². The Morgan fingerprint density at radius 1 is 1.13 bits per heavy atom. The first-order chi connectivity index (χ1) is 14.4. The highest BCUT2D eigenvalue weighted by molar-refractivity contribution is 7.98. The van der Waals surface area contributed by atoms with Gasteiger partial charge in [-0.2, -0.15) is 8.78 Å². The minimum absolute atomic E-state index is 0.0268. The van der Waals surface area contributed by atoms with E-state index < -0.39 is 12.2 Å². The highest BCUT2D eigenvalue weighted by Crippen LogP contribution is 2.31. The molecule has 4 aromatic rings. The summed E-state index contributed by atoms with van der Waals surface area (Å²) in [6, 6.07) is 10.4. The van der Waals surface area contributed by atoms with Crippen molar-refractivity contribution in [1.82, 2.24) is 10.2 Å². The smallest absolute Gasteiger partial charge is 0.387 e. The standard InChI is InChI=1S/C20H14F2N2O5S/c1-10-15(25)7-6-14-12(8-16(26)28-17(10)14)9-30-20-24-23-18(29-20)11-2-4-13(5-3-11)27-19(21)22/h2-8,19,25H,9H2,1H3. The van der Waals surface area contributed by atoms with Crippen molar-refractivity contribution in [2.45, 2.75) is 24.5 Å². The first kappa shape index (κ1) is 19.9. The summed E-state index contributed by atoms with van der Waals surface area (Å²) < 4.78 is 39.6. The van der Waals surface area contributed by atoms with Crippen LogP contribution in [0.1, 0.15) is 11.1 Å². The van der Waals surface area contributed by atoms with E-state index >= 15 is 0 Å². The summed E-state index contributed by atoms with van der Waals surface area (Å²) in [5.74, 6) is 0.648. The molecule has 0 radical (unpaired) electrons. The number of rotatable bonds is 6. The molecule has 0 aliphatic carbocycles. The molecule has 0 aliphatic heterocycles. The molecular formula is C20H14F2N2O5S. The topological polar surface area (TPSA) is 98.6 Å². The number of nitrogens with zero attached hydrogens (tertiary/aromatic N) is 2. The largest absolute Gasteiger partial charge is 0.508 e. The van der Waals surface area contributed by atoms with E-state index in [9.17, 15) is 18.7 Å². The van der Waals surface area contributed by atoms with Gasteiger partial charge in [-0.15, -0.1) is 10.2 Å². The predicted molar refractivity (Wildman–Crippen MR) is 105 cm³/mol. The van der Waals surface area contributed by atoms with Gasteiger partial charge >= 0.3 is 12.2 Å². The zero-order valence-electron chi connectivity index (χ0n) is 15.5. The van der Waals surface area contributed by atoms with Crippen LogP contribution in [0.25, 0.3) is 22.4 Å². The van der Waals surface area contributed by atoms with Gasteiger partial charge in [0.1, 0.15) is 17.1 Å². The van der Waals surface area contributed by atoms with Crippen LogP contribution in [0.15, 0.2) is 61.3 Å². The monoisotopic (exact) mass is 432 g/mol. The van der Waals surface area contributed by atoms with Crippen molar-refractivity contribution in [3.63, 3.8) is 0 Å². The first-order valence-electron chi connectivity index (χ1n) is 8.67. The third kappa shape index (κ3) is 4.13. The van der Waals surface area contributed by atoms with Crippen LogP contribution in [0.3, 0.4) is 0 Å². The molecule has 0 amide bonds. The third-order valence-electron chi connectivity index (χ3n) is 4.30. The van der Waals surface area contributed by atoms with Crippen LogP contribution in [0.2, 0.25) is 0 Å². The molecule has 4 rings (SSSR count). The first-order valence-corrected chi connectivity index (χ1v) is 9.66. The number of phenolic OH excluding ortho intramolecular Hbond substituents is 1. The van der Waals surface area contributed by atoms with E-state index in [1.807, 2.05) is 0 Å². The molecule has 2 heterocycles. The van der Waals surface area contributed by atoms with Crippen LogP contribution >= 0.6 is 11.8 Å². The fourth-order valence-electron chi connectivity index (χ4n) is 2.84. The molecule has 0 bridgehead atoms. The van der Waals surface area contributed by atoms with Crippen molar-refractivity contribution in [3.05, 3.63) is 64.0 Å². The number of alkyl halides is 2. The molecule has 0 aliphatic rings. The van der Waals surface area contributed by atoms with Crippen LogP contribution in [-0.4, -0.2) is 21.9 Å². The number of aromatic hydroxyl groups is 1. The van der Waals surface area contributed by atoms with Gasteiger partial charge in [-0.05, 0) is 48.9 Å². The maximum Gasteiger partial charge on any atom is 0.387 e. The fraction of sp³-hybridized carbons (Fsp3) is 0.150. The molecular weight excluding hydrogens is 418 g/mol. The number of halogens is 2. The van der Waals surface area contributed by atoms with Gasteiger partial charge in [0.25, 0.3) is 5.22 Å². The quantitative estimate of drug-likeness (QED) is 0.344. The highest BCUT2D eigenvalue weighted by atomic mass is 32.2. The zero-order valence-corrected chi connectivity index (χ0v) is 16.3. The molecule has 0 saturated heterocycles. The van der Waals surface area contributed by atoms with Crippen LogP contribution in [0, 0.1) is 6.92 Å². The van der Waals surface area contributed by atoms with Crippen LogP contribution in [0.4, 0.5) is 8.78 Å². The lowest BCUT2D eigenvalue weighted by molar-refractivity contribution is -0.0498. The van der Waals surface area contributed by atoms with Gasteiger partial charge in [0.2, 0.25) is 5.89 Å². The van der Waals surface area contributed by atoms with Gasteiger partial charge < -0.3 is 18.7 Å². The van der Waals surface area contributed by atoms with Gasteiger partial charge in [-0.1, -0.05) is 11.8 Å². The summed E-state index contributed by atoms with van der Waals surface area (Å²) in [6.07, 6.45) is 0. The Balaban J connectivity index is 1.53. The Labute approximate surface area is 172 Å². The fourth-order valence-corrected chi connectivity index (χ4v) is 3.59. The van der Waals surface area contributed by atoms with Crippen molar-refractivity contribution >= 4 is 22.7 Å². The Hall–Kier alpha value is -3.40. The number of hydrogen-bond donors (Lipinski definition) is 1. The summed E-state index contributed by atoms with van der Waals surface area (Å²) in [5.41, 5.74) is 1.53. The molecule has 0 spiro atoms. The zero-order chi connectivity index (χ0) is 21.3. The normalized spacial score (nSPS) is 11.3. The van der Waals surface area contributed by atoms with Crippen LogP contribution in [0.5, 0.6) is 11.5 Å². The summed E-state index contributed by atoms with van der Waals surface area (Å²) in [6.45, 7) is -1.23. The number of ether oxygens (including phenoxy) is 1. The Bertz CT molecular complexity index is 1250. The average molecular weight is 432 g/mol. The summed E-state index contributed by atoms with van der Waals surface area (Å²) in [4.78, 5) is 11.9. The Morgan fingerprint density at radius 2 is 1.90 bits per heavy atom. The van der Waals surface area contributed by atoms with Crippen molar-refractivity contribution in [3.8, 4) is 23.0 Å². The minimum Gasteiger partial charge on any atom is -0.508 e. The SMILES string of the molecule is Cc1c(O)ccc2c(CSc3nnc(-c4ccc(OC(F)F)cc4)o3)cc(=O)oc12.